The first-order valence-corrected chi connectivity index (χ1v) is 11.9. The molecule has 0 aliphatic carbocycles. The van der Waals surface area contributed by atoms with Crippen LogP contribution >= 0.6 is 0 Å². The van der Waals surface area contributed by atoms with Crippen LogP contribution in [0.1, 0.15) is 17.7 Å². The van der Waals surface area contributed by atoms with Crippen molar-refractivity contribution >= 4 is 23.4 Å². The number of amides is 2. The van der Waals surface area contributed by atoms with Crippen LogP contribution in [0, 0.1) is 6.92 Å². The topological polar surface area (TPSA) is 124 Å². The highest BCUT2D eigenvalue weighted by Crippen LogP contribution is 2.42. The van der Waals surface area contributed by atoms with E-state index in [1.165, 1.54) is 29.3 Å². The van der Waals surface area contributed by atoms with Crippen molar-refractivity contribution in [1.29, 1.82) is 0 Å². The number of aryl methyl sites for hydroxylation is 1. The van der Waals surface area contributed by atoms with Gasteiger partial charge >= 0.3 is 12.2 Å². The van der Waals surface area contributed by atoms with E-state index < -0.39 is 30.5 Å². The Balaban J connectivity index is 1.43. The average Bonchev–Trinajstić information content (AvgIpc) is 3.30. The second-order valence-corrected chi connectivity index (χ2v) is 9.10. The standard InChI is InChI=1S/C25H25F3N6O4/c1-14-21-23(32-22(30-14)15-3-2-4-16(9-15)25(26,27)28)34(17-7-8-33(21)11-17)24(37)31-20-6-5-19(10-29-20)38-13-18(36)12-35/h2-6,9-10,17-18,35-36H,7-8,11-13H2,1H3,(H,29,31,37)/t17?,18-/m1/s1. The van der Waals surface area contributed by atoms with Crippen LogP contribution in [0.15, 0.2) is 42.6 Å². The fraction of sp³-hybridized carbons (Fsp3) is 0.360. The Morgan fingerprint density at radius 3 is 2.79 bits per heavy atom. The second kappa shape index (κ2) is 10.1. The predicted molar refractivity (Wildman–Crippen MR) is 132 cm³/mol. The van der Waals surface area contributed by atoms with Crippen LogP contribution in [0.5, 0.6) is 5.75 Å². The highest BCUT2D eigenvalue weighted by atomic mass is 19.4. The van der Waals surface area contributed by atoms with E-state index in [1.54, 1.807) is 13.0 Å². The van der Waals surface area contributed by atoms with Crippen molar-refractivity contribution in [3.8, 4) is 17.1 Å². The number of urea groups is 1. The number of rotatable bonds is 6. The molecule has 2 aliphatic heterocycles. The third-order valence-corrected chi connectivity index (χ3v) is 6.40. The molecule has 0 saturated carbocycles. The van der Waals surface area contributed by atoms with Crippen molar-refractivity contribution in [2.24, 2.45) is 0 Å². The lowest BCUT2D eigenvalue weighted by Gasteiger charge is -2.36. The molecule has 2 bridgehead atoms. The number of ether oxygens (including phenoxy) is 1. The number of nitrogens with zero attached hydrogens (tertiary/aromatic N) is 5. The molecule has 1 saturated heterocycles. The minimum atomic E-state index is -4.51. The Hall–Kier alpha value is -3.97. The summed E-state index contributed by atoms with van der Waals surface area (Å²) >= 11 is 0. The van der Waals surface area contributed by atoms with Gasteiger partial charge in [-0.1, -0.05) is 12.1 Å². The zero-order chi connectivity index (χ0) is 27.0. The molecule has 38 heavy (non-hydrogen) atoms. The molecule has 1 unspecified atom stereocenters. The van der Waals surface area contributed by atoms with E-state index in [2.05, 4.69) is 25.2 Å². The van der Waals surface area contributed by atoms with Crippen molar-refractivity contribution in [2.45, 2.75) is 31.7 Å². The number of benzene rings is 1. The Morgan fingerprint density at radius 2 is 2.08 bits per heavy atom. The maximum absolute atomic E-state index is 13.5. The lowest BCUT2D eigenvalue weighted by Crippen LogP contribution is -2.48. The van der Waals surface area contributed by atoms with E-state index in [4.69, 9.17) is 9.84 Å². The van der Waals surface area contributed by atoms with E-state index >= 15 is 0 Å². The second-order valence-electron chi connectivity index (χ2n) is 9.10. The molecule has 1 fully saturated rings. The summed E-state index contributed by atoms with van der Waals surface area (Å²) in [5.74, 6) is 1.02. The molecule has 2 atom stereocenters. The van der Waals surface area contributed by atoms with Gasteiger partial charge in [-0.3, -0.25) is 10.2 Å². The quantitative estimate of drug-likeness (QED) is 0.444. The fourth-order valence-corrected chi connectivity index (χ4v) is 4.60. The van der Waals surface area contributed by atoms with Crippen molar-refractivity contribution in [2.75, 3.05) is 41.4 Å². The molecule has 10 nitrogen and oxygen atoms in total. The van der Waals surface area contributed by atoms with Crippen LogP contribution in [0.25, 0.3) is 11.4 Å². The van der Waals surface area contributed by atoms with E-state index in [9.17, 15) is 23.1 Å². The normalized spacial score (nSPS) is 17.3. The number of alkyl halides is 3. The van der Waals surface area contributed by atoms with Crippen LogP contribution < -0.4 is 19.9 Å². The molecular weight excluding hydrogens is 505 g/mol. The summed E-state index contributed by atoms with van der Waals surface area (Å²) in [7, 11) is 0. The lowest BCUT2D eigenvalue weighted by molar-refractivity contribution is -0.137. The number of hydrogen-bond acceptors (Lipinski definition) is 8. The van der Waals surface area contributed by atoms with E-state index in [-0.39, 0.29) is 29.9 Å². The van der Waals surface area contributed by atoms with Gasteiger partial charge in [0.2, 0.25) is 0 Å². The molecule has 2 aromatic heterocycles. The Kier molecular flexibility index (Phi) is 6.80. The van der Waals surface area contributed by atoms with Gasteiger partial charge in [-0.05, 0) is 37.6 Å². The number of aliphatic hydroxyl groups is 2. The van der Waals surface area contributed by atoms with E-state index in [0.717, 1.165) is 12.1 Å². The largest absolute Gasteiger partial charge is 0.489 e. The molecule has 5 rings (SSSR count). The maximum Gasteiger partial charge on any atom is 0.416 e. The van der Waals surface area contributed by atoms with Gasteiger partial charge in [0, 0.05) is 18.7 Å². The number of halogens is 3. The minimum Gasteiger partial charge on any atom is -0.489 e. The van der Waals surface area contributed by atoms with Gasteiger partial charge in [0.15, 0.2) is 11.6 Å². The number of hydrogen-bond donors (Lipinski definition) is 3. The van der Waals surface area contributed by atoms with Crippen LogP contribution in [-0.4, -0.2) is 69.6 Å². The first-order chi connectivity index (χ1) is 18.1. The van der Waals surface area contributed by atoms with Crippen LogP contribution in [-0.2, 0) is 6.18 Å². The summed E-state index contributed by atoms with van der Waals surface area (Å²) in [6.07, 6.45) is -3.47. The van der Waals surface area contributed by atoms with Crippen LogP contribution in [0.2, 0.25) is 0 Å². The molecule has 2 aliphatic rings. The van der Waals surface area contributed by atoms with Gasteiger partial charge in [0.1, 0.15) is 30.0 Å². The number of aromatic nitrogens is 3. The number of anilines is 3. The van der Waals surface area contributed by atoms with Gasteiger partial charge < -0.3 is 19.8 Å². The maximum atomic E-state index is 13.5. The van der Waals surface area contributed by atoms with E-state index in [1.807, 2.05) is 0 Å². The average molecular weight is 531 g/mol. The van der Waals surface area contributed by atoms with E-state index in [0.29, 0.717) is 42.5 Å². The molecule has 200 valence electrons. The highest BCUT2D eigenvalue weighted by molar-refractivity contribution is 6.04. The van der Waals surface area contributed by atoms with Gasteiger partial charge in [0.25, 0.3) is 0 Å². The molecule has 3 aromatic rings. The van der Waals surface area contributed by atoms with Crippen molar-refractivity contribution in [3.05, 3.63) is 53.9 Å². The van der Waals surface area contributed by atoms with Gasteiger partial charge in [0.05, 0.1) is 30.1 Å². The summed E-state index contributed by atoms with van der Waals surface area (Å²) in [6, 6.07) is 7.21. The van der Waals surface area contributed by atoms with Gasteiger partial charge in [-0.15, -0.1) is 0 Å². The van der Waals surface area contributed by atoms with Crippen molar-refractivity contribution in [3.63, 3.8) is 0 Å². The van der Waals surface area contributed by atoms with Crippen LogP contribution in [0.3, 0.4) is 0 Å². The zero-order valence-corrected chi connectivity index (χ0v) is 20.3. The molecule has 0 radical (unpaired) electrons. The first-order valence-electron chi connectivity index (χ1n) is 11.9. The number of aliphatic hydroxyl groups excluding tert-OH is 2. The molecule has 13 heteroatoms. The Morgan fingerprint density at radius 1 is 1.26 bits per heavy atom. The summed E-state index contributed by atoms with van der Waals surface area (Å²) in [6.45, 7) is 2.48. The third kappa shape index (κ3) is 5.07. The Bertz CT molecular complexity index is 1340. The molecule has 1 aromatic carbocycles. The molecule has 4 heterocycles. The minimum absolute atomic E-state index is 0.0948. The fourth-order valence-electron chi connectivity index (χ4n) is 4.60. The van der Waals surface area contributed by atoms with Crippen molar-refractivity contribution in [1.82, 2.24) is 15.0 Å². The SMILES string of the molecule is Cc1nc(-c2cccc(C(F)(F)F)c2)nc2c1N1CCC(C1)N2C(=O)Nc1ccc(OC[C@H](O)CO)cn1. The molecule has 0 spiro atoms. The number of carbonyl (C=O) groups excluding carboxylic acids is 1. The number of nitrogens with one attached hydrogen (secondary N) is 1. The van der Waals surface area contributed by atoms with Gasteiger partial charge in [-0.25, -0.2) is 19.7 Å². The first kappa shape index (κ1) is 25.7. The summed E-state index contributed by atoms with van der Waals surface area (Å²) in [5, 5.41) is 21.0. The zero-order valence-electron chi connectivity index (χ0n) is 20.3. The number of pyridine rings is 1. The lowest BCUT2D eigenvalue weighted by atomic mass is 10.1. The number of fused-ring (bicyclic) bond motifs is 4. The van der Waals surface area contributed by atoms with Crippen LogP contribution in [0.4, 0.5) is 35.3 Å². The summed E-state index contributed by atoms with van der Waals surface area (Å²) < 4.78 is 45.2. The Labute approximate surface area is 215 Å². The summed E-state index contributed by atoms with van der Waals surface area (Å²) in [4.78, 5) is 30.3. The molecule has 2 amide bonds. The molecular formula is C25H25F3N6O4. The predicted octanol–water partition coefficient (Wildman–Crippen LogP) is 3.23. The monoisotopic (exact) mass is 530 g/mol. The third-order valence-electron chi connectivity index (χ3n) is 6.40. The number of carbonyl (C=O) groups is 1. The highest BCUT2D eigenvalue weighted by Gasteiger charge is 2.42. The summed E-state index contributed by atoms with van der Waals surface area (Å²) in [5.41, 5.74) is 0.619. The smallest absolute Gasteiger partial charge is 0.416 e. The van der Waals surface area contributed by atoms with Crippen molar-refractivity contribution < 1.29 is 32.9 Å². The molecule has 3 N–H and O–H groups in total. The van der Waals surface area contributed by atoms with Gasteiger partial charge in [-0.2, -0.15) is 13.2 Å².